The van der Waals surface area contributed by atoms with Gasteiger partial charge >= 0.3 is 0 Å². The molecule has 4 bridgehead atoms. The predicted molar refractivity (Wildman–Crippen MR) is 170 cm³/mol. The van der Waals surface area contributed by atoms with E-state index in [1.165, 1.54) is 22.9 Å². The van der Waals surface area contributed by atoms with Crippen molar-refractivity contribution < 1.29 is 19.4 Å². The predicted octanol–water partition coefficient (Wildman–Crippen LogP) is 6.35. The molecule has 0 unspecified atom stereocenters. The smallest absolute Gasteiger partial charge is 0.236 e. The Morgan fingerprint density at radius 1 is 1.02 bits per heavy atom. The molecule has 230 valence electrons. The van der Waals surface area contributed by atoms with E-state index in [1.807, 2.05) is 12.1 Å². The lowest BCUT2D eigenvalue weighted by Crippen LogP contribution is -2.65. The SMILES string of the molecule is COc1ccc(-c2[nH]c3ccc(C4CCN(C(=O)CN[C@@]56C[C@@H]7C[C@@H](C[C@@](O)(C7)C5)C6)CC4)cc3c2C(C)C)cc1OC. The van der Waals surface area contributed by atoms with Crippen LogP contribution in [-0.2, 0) is 4.79 Å². The van der Waals surface area contributed by atoms with Crippen molar-refractivity contribution in [3.8, 4) is 22.8 Å². The van der Waals surface area contributed by atoms with E-state index in [4.69, 9.17) is 9.47 Å². The van der Waals surface area contributed by atoms with Crippen molar-refractivity contribution in [3.63, 3.8) is 0 Å². The molecule has 0 radical (unpaired) electrons. The minimum absolute atomic E-state index is 0.0390. The Morgan fingerprint density at radius 2 is 1.74 bits per heavy atom. The van der Waals surface area contributed by atoms with Crippen LogP contribution in [0.4, 0.5) is 0 Å². The van der Waals surface area contributed by atoms with Crippen LogP contribution in [0.15, 0.2) is 36.4 Å². The van der Waals surface area contributed by atoms with Crippen LogP contribution in [0.25, 0.3) is 22.2 Å². The summed E-state index contributed by atoms with van der Waals surface area (Å²) in [6.07, 6.45) is 8.20. The Morgan fingerprint density at radius 3 is 2.40 bits per heavy atom. The molecule has 3 aromatic rings. The normalized spacial score (nSPS) is 28.7. The van der Waals surface area contributed by atoms with Crippen LogP contribution in [0.3, 0.4) is 0 Å². The van der Waals surface area contributed by atoms with Crippen LogP contribution in [0.2, 0.25) is 0 Å². The molecule has 2 aromatic carbocycles. The number of nitrogens with one attached hydrogen (secondary N) is 2. The first kappa shape index (κ1) is 28.7. The number of piperidine rings is 1. The summed E-state index contributed by atoms with van der Waals surface area (Å²) in [5, 5.41) is 16.0. The van der Waals surface area contributed by atoms with E-state index < -0.39 is 5.60 Å². The number of nitrogens with zero attached hydrogens (tertiary/aromatic N) is 1. The summed E-state index contributed by atoms with van der Waals surface area (Å²) in [5.74, 6) is 3.68. The van der Waals surface area contributed by atoms with E-state index in [2.05, 4.69) is 53.3 Å². The number of amides is 1. The lowest BCUT2D eigenvalue weighted by atomic mass is 9.51. The first-order chi connectivity index (χ1) is 20.7. The third-order valence-corrected chi connectivity index (χ3v) is 11.1. The van der Waals surface area contributed by atoms with Gasteiger partial charge in [-0.3, -0.25) is 4.79 Å². The Balaban J connectivity index is 1.03. The van der Waals surface area contributed by atoms with E-state index in [0.29, 0.717) is 30.2 Å². The highest BCUT2D eigenvalue weighted by Crippen LogP contribution is 2.57. The molecule has 4 saturated carbocycles. The van der Waals surface area contributed by atoms with Crippen molar-refractivity contribution in [1.29, 1.82) is 0 Å². The second kappa shape index (κ2) is 10.8. The van der Waals surface area contributed by atoms with Gasteiger partial charge in [-0.2, -0.15) is 0 Å². The molecule has 5 aliphatic rings. The molecule has 3 N–H and O–H groups in total. The number of ether oxygens (including phenoxy) is 2. The highest BCUT2D eigenvalue weighted by atomic mass is 16.5. The van der Waals surface area contributed by atoms with Gasteiger partial charge in [0.2, 0.25) is 5.91 Å². The lowest BCUT2D eigenvalue weighted by molar-refractivity contribution is -0.147. The number of benzene rings is 2. The van der Waals surface area contributed by atoms with Crippen LogP contribution in [0, 0.1) is 11.8 Å². The average molecular weight is 586 g/mol. The second-order valence-electron chi connectivity index (χ2n) is 14.4. The summed E-state index contributed by atoms with van der Waals surface area (Å²) >= 11 is 0. The van der Waals surface area contributed by atoms with Crippen molar-refractivity contribution >= 4 is 16.8 Å². The molecular formula is C36H47N3O4. The van der Waals surface area contributed by atoms with Crippen LogP contribution in [0.5, 0.6) is 11.5 Å². The minimum Gasteiger partial charge on any atom is -0.493 e. The van der Waals surface area contributed by atoms with Crippen LogP contribution in [0.1, 0.15) is 88.2 Å². The van der Waals surface area contributed by atoms with Gasteiger partial charge in [0.05, 0.1) is 32.1 Å². The number of fused-ring (bicyclic) bond motifs is 1. The first-order valence-electron chi connectivity index (χ1n) is 16.3. The molecule has 8 rings (SSSR count). The lowest BCUT2D eigenvalue weighted by Gasteiger charge is -2.60. The molecule has 4 atom stereocenters. The van der Waals surface area contributed by atoms with E-state index in [9.17, 15) is 9.90 Å². The van der Waals surface area contributed by atoms with Crippen molar-refractivity contribution in [2.75, 3.05) is 33.9 Å². The fourth-order valence-corrected chi connectivity index (χ4v) is 9.56. The van der Waals surface area contributed by atoms with Gasteiger partial charge in [-0.1, -0.05) is 19.9 Å². The standard InChI is InChI=1S/C36H47N3O4/c1-22(2)33-28-14-26(5-7-29(28)38-34(33)27-6-8-30(42-3)31(15-27)43-4)25-9-11-39(12-10-25)32(40)20-37-35-16-23-13-24(17-35)19-36(41,18-23)21-35/h5-8,14-15,22-25,37-38,41H,9-13,16-21H2,1-4H3/t23-,24+,35+,36-. The zero-order valence-corrected chi connectivity index (χ0v) is 26.2. The van der Waals surface area contributed by atoms with Gasteiger partial charge in [0.25, 0.3) is 0 Å². The number of carbonyl (C=O) groups excluding carboxylic acids is 1. The number of aromatic amines is 1. The van der Waals surface area contributed by atoms with Crippen molar-refractivity contribution in [1.82, 2.24) is 15.2 Å². The number of aliphatic hydroxyl groups is 1. The molecule has 5 fully saturated rings. The van der Waals surface area contributed by atoms with Gasteiger partial charge in [-0.05, 0) is 116 Å². The molecule has 43 heavy (non-hydrogen) atoms. The number of methoxy groups -OCH3 is 2. The molecule has 2 heterocycles. The van der Waals surface area contributed by atoms with Gasteiger partial charge in [-0.15, -0.1) is 0 Å². The van der Waals surface area contributed by atoms with Gasteiger partial charge in [-0.25, -0.2) is 0 Å². The molecule has 0 spiro atoms. The molecule has 1 aromatic heterocycles. The average Bonchev–Trinajstić information content (AvgIpc) is 3.37. The zero-order chi connectivity index (χ0) is 29.9. The van der Waals surface area contributed by atoms with E-state index in [0.717, 1.165) is 86.3 Å². The number of hydrogen-bond acceptors (Lipinski definition) is 5. The maximum Gasteiger partial charge on any atom is 0.236 e. The zero-order valence-electron chi connectivity index (χ0n) is 26.2. The van der Waals surface area contributed by atoms with E-state index in [1.54, 1.807) is 14.2 Å². The van der Waals surface area contributed by atoms with Crippen LogP contribution >= 0.6 is 0 Å². The summed E-state index contributed by atoms with van der Waals surface area (Å²) < 4.78 is 11.1. The number of aromatic nitrogens is 1. The molecule has 1 saturated heterocycles. The summed E-state index contributed by atoms with van der Waals surface area (Å²) in [5.41, 5.74) is 5.49. The summed E-state index contributed by atoms with van der Waals surface area (Å²) in [6, 6.07) is 13.0. The molecular weight excluding hydrogens is 538 g/mol. The summed E-state index contributed by atoms with van der Waals surface area (Å²) in [7, 11) is 3.33. The first-order valence-corrected chi connectivity index (χ1v) is 16.3. The highest BCUT2D eigenvalue weighted by molar-refractivity contribution is 5.92. The van der Waals surface area contributed by atoms with E-state index >= 15 is 0 Å². The summed E-state index contributed by atoms with van der Waals surface area (Å²) in [4.78, 5) is 19.1. The number of carbonyl (C=O) groups is 1. The summed E-state index contributed by atoms with van der Waals surface area (Å²) in [6.45, 7) is 6.49. The van der Waals surface area contributed by atoms with Crippen LogP contribution < -0.4 is 14.8 Å². The number of likely N-dealkylation sites (tertiary alicyclic amines) is 1. The topological polar surface area (TPSA) is 86.8 Å². The number of H-pyrrole nitrogens is 1. The molecule has 7 heteroatoms. The van der Waals surface area contributed by atoms with Crippen molar-refractivity contribution in [2.24, 2.45) is 11.8 Å². The maximum absolute atomic E-state index is 13.3. The molecule has 1 aliphatic heterocycles. The fraction of sp³-hybridized carbons (Fsp3) is 0.583. The maximum atomic E-state index is 13.3. The van der Waals surface area contributed by atoms with Crippen molar-refractivity contribution in [2.45, 2.75) is 88.2 Å². The Bertz CT molecular complexity index is 1500. The Hall–Kier alpha value is -3.03. The molecule has 1 amide bonds. The van der Waals surface area contributed by atoms with Crippen LogP contribution in [-0.4, -0.2) is 65.9 Å². The second-order valence-corrected chi connectivity index (χ2v) is 14.4. The Kier molecular flexibility index (Phi) is 7.25. The van der Waals surface area contributed by atoms with Gasteiger partial charge in [0.1, 0.15) is 0 Å². The third-order valence-electron chi connectivity index (χ3n) is 11.1. The molecule has 4 aliphatic carbocycles. The highest BCUT2D eigenvalue weighted by Gasteiger charge is 2.57. The minimum atomic E-state index is -0.503. The molecule has 7 nitrogen and oxygen atoms in total. The van der Waals surface area contributed by atoms with Gasteiger partial charge < -0.3 is 29.8 Å². The Labute approximate surface area is 255 Å². The van der Waals surface area contributed by atoms with Crippen molar-refractivity contribution in [3.05, 3.63) is 47.5 Å². The fourth-order valence-electron chi connectivity index (χ4n) is 9.56. The quantitative estimate of drug-likeness (QED) is 0.287. The van der Waals surface area contributed by atoms with Gasteiger partial charge in [0.15, 0.2) is 11.5 Å². The number of rotatable bonds is 8. The monoisotopic (exact) mass is 585 g/mol. The van der Waals surface area contributed by atoms with Gasteiger partial charge in [0, 0.05) is 35.1 Å². The number of hydrogen-bond donors (Lipinski definition) is 3. The largest absolute Gasteiger partial charge is 0.493 e. The van der Waals surface area contributed by atoms with E-state index in [-0.39, 0.29) is 11.4 Å². The third kappa shape index (κ3) is 5.22.